The smallest absolute Gasteiger partial charge is 0.340 e. The van der Waals surface area contributed by atoms with Gasteiger partial charge in [0, 0.05) is 37.6 Å². The Morgan fingerprint density at radius 3 is 2.81 bits per heavy atom. The number of carbonyl (C=O) groups excluding carboxylic acids is 2. The van der Waals surface area contributed by atoms with Crippen LogP contribution >= 0.6 is 0 Å². The maximum absolute atomic E-state index is 12.0. The molecule has 1 unspecified atom stereocenters. The molecule has 1 aliphatic rings. The van der Waals surface area contributed by atoms with Gasteiger partial charge >= 0.3 is 5.97 Å². The van der Waals surface area contributed by atoms with Crippen LogP contribution < -0.4 is 4.90 Å². The molecule has 1 N–H and O–H groups in total. The molecule has 8 heteroatoms. The fourth-order valence-corrected chi connectivity index (χ4v) is 2.28. The van der Waals surface area contributed by atoms with Gasteiger partial charge in [-0.1, -0.05) is 0 Å². The highest BCUT2D eigenvalue weighted by Crippen LogP contribution is 2.31. The second-order valence-corrected chi connectivity index (χ2v) is 4.71. The van der Waals surface area contributed by atoms with Gasteiger partial charge in [0.25, 0.3) is 5.69 Å². The lowest BCUT2D eigenvalue weighted by Crippen LogP contribution is -2.27. The van der Waals surface area contributed by atoms with Gasteiger partial charge in [0.15, 0.2) is 0 Å². The number of esters is 1. The standard InChI is InChI=1S/C13H14N2O6/c1-21-13(18)10-5-9(15(19)20)2-3-11(10)14-6-8(7-16)4-12(14)17/h2-3,5,8,16H,4,6-7H2,1H3. The molecular formula is C13H14N2O6. The number of hydrogen-bond donors (Lipinski definition) is 1. The van der Waals surface area contributed by atoms with Crippen molar-refractivity contribution in [2.24, 2.45) is 5.92 Å². The van der Waals surface area contributed by atoms with Crippen molar-refractivity contribution in [1.82, 2.24) is 0 Å². The minimum Gasteiger partial charge on any atom is -0.465 e. The molecule has 1 saturated heterocycles. The number of nitro benzene ring substituents is 1. The minimum absolute atomic E-state index is 0.0429. The number of hydrogen-bond acceptors (Lipinski definition) is 6. The van der Waals surface area contributed by atoms with E-state index in [9.17, 15) is 19.7 Å². The van der Waals surface area contributed by atoms with Crippen molar-refractivity contribution < 1.29 is 24.4 Å². The Morgan fingerprint density at radius 2 is 2.29 bits per heavy atom. The van der Waals surface area contributed by atoms with Crippen LogP contribution in [0.5, 0.6) is 0 Å². The predicted molar refractivity (Wildman–Crippen MR) is 72.0 cm³/mol. The molecule has 0 aliphatic carbocycles. The van der Waals surface area contributed by atoms with Crippen molar-refractivity contribution >= 4 is 23.3 Å². The zero-order valence-corrected chi connectivity index (χ0v) is 11.3. The second kappa shape index (κ2) is 5.88. The first-order chi connectivity index (χ1) is 9.97. The Labute approximate surface area is 120 Å². The van der Waals surface area contributed by atoms with Crippen LogP contribution in [-0.2, 0) is 9.53 Å². The molecular weight excluding hydrogens is 280 g/mol. The van der Waals surface area contributed by atoms with Gasteiger partial charge in [0.2, 0.25) is 5.91 Å². The Bertz CT molecular complexity index is 600. The summed E-state index contributed by atoms with van der Waals surface area (Å²) in [6.07, 6.45) is 0.175. The Kier molecular flexibility index (Phi) is 4.18. The van der Waals surface area contributed by atoms with Crippen LogP contribution in [0.25, 0.3) is 0 Å². The van der Waals surface area contributed by atoms with Crippen molar-refractivity contribution in [2.75, 3.05) is 25.2 Å². The SMILES string of the molecule is COC(=O)c1cc([N+](=O)[O-])ccc1N1CC(CO)CC1=O. The van der Waals surface area contributed by atoms with E-state index in [0.717, 1.165) is 13.2 Å². The molecule has 1 amide bonds. The highest BCUT2D eigenvalue weighted by Gasteiger charge is 2.33. The Hall–Kier alpha value is -2.48. The number of aliphatic hydroxyl groups excluding tert-OH is 1. The number of carbonyl (C=O) groups is 2. The number of nitro groups is 1. The van der Waals surface area contributed by atoms with Gasteiger partial charge in [0.05, 0.1) is 23.3 Å². The molecule has 2 rings (SSSR count). The molecule has 0 aromatic heterocycles. The Morgan fingerprint density at radius 1 is 1.57 bits per heavy atom. The number of aliphatic hydroxyl groups is 1. The van der Waals surface area contributed by atoms with E-state index >= 15 is 0 Å². The van der Waals surface area contributed by atoms with Gasteiger partial charge in [-0.05, 0) is 6.07 Å². The van der Waals surface area contributed by atoms with E-state index in [1.54, 1.807) is 0 Å². The largest absolute Gasteiger partial charge is 0.465 e. The molecule has 112 valence electrons. The number of nitrogens with zero attached hydrogens (tertiary/aromatic N) is 2. The van der Waals surface area contributed by atoms with E-state index in [-0.39, 0.29) is 48.3 Å². The summed E-state index contributed by atoms with van der Waals surface area (Å²) in [5, 5.41) is 19.9. The highest BCUT2D eigenvalue weighted by molar-refractivity contribution is 6.04. The molecule has 0 spiro atoms. The minimum atomic E-state index is -0.756. The molecule has 8 nitrogen and oxygen atoms in total. The summed E-state index contributed by atoms with van der Waals surface area (Å²) in [5.41, 5.74) is -0.0449. The van der Waals surface area contributed by atoms with E-state index in [2.05, 4.69) is 4.74 Å². The first-order valence-corrected chi connectivity index (χ1v) is 6.26. The third-order valence-electron chi connectivity index (χ3n) is 3.35. The summed E-state index contributed by atoms with van der Waals surface area (Å²) in [5.74, 6) is -1.21. The van der Waals surface area contributed by atoms with Crippen molar-refractivity contribution in [2.45, 2.75) is 6.42 Å². The number of ether oxygens (including phenoxy) is 1. The van der Waals surface area contributed by atoms with E-state index < -0.39 is 10.9 Å². The lowest BCUT2D eigenvalue weighted by molar-refractivity contribution is -0.384. The molecule has 1 heterocycles. The first kappa shape index (κ1) is 14.9. The zero-order chi connectivity index (χ0) is 15.6. The van der Waals surface area contributed by atoms with Crippen LogP contribution in [0.15, 0.2) is 18.2 Å². The van der Waals surface area contributed by atoms with Gasteiger partial charge < -0.3 is 14.7 Å². The zero-order valence-electron chi connectivity index (χ0n) is 11.3. The van der Waals surface area contributed by atoms with Crippen molar-refractivity contribution in [1.29, 1.82) is 0 Å². The third-order valence-corrected chi connectivity index (χ3v) is 3.35. The molecule has 21 heavy (non-hydrogen) atoms. The summed E-state index contributed by atoms with van der Waals surface area (Å²) < 4.78 is 4.61. The maximum atomic E-state index is 12.0. The monoisotopic (exact) mass is 294 g/mol. The van der Waals surface area contributed by atoms with Gasteiger partial charge in [-0.3, -0.25) is 14.9 Å². The molecule has 1 aromatic carbocycles. The fourth-order valence-electron chi connectivity index (χ4n) is 2.28. The number of benzene rings is 1. The summed E-state index contributed by atoms with van der Waals surface area (Å²) in [4.78, 5) is 35.3. The van der Waals surface area contributed by atoms with E-state index in [1.807, 2.05) is 0 Å². The van der Waals surface area contributed by atoms with Crippen molar-refractivity contribution in [3.8, 4) is 0 Å². The number of amides is 1. The molecule has 0 saturated carbocycles. The first-order valence-electron chi connectivity index (χ1n) is 6.26. The van der Waals surface area contributed by atoms with Gasteiger partial charge in [-0.2, -0.15) is 0 Å². The van der Waals surface area contributed by atoms with Crippen LogP contribution in [0, 0.1) is 16.0 Å². The molecule has 0 bridgehead atoms. The second-order valence-electron chi connectivity index (χ2n) is 4.71. The molecule has 1 aliphatic heterocycles. The maximum Gasteiger partial charge on any atom is 0.340 e. The lowest BCUT2D eigenvalue weighted by Gasteiger charge is -2.19. The Balaban J connectivity index is 2.45. The lowest BCUT2D eigenvalue weighted by atomic mass is 10.1. The molecule has 0 radical (unpaired) electrons. The number of methoxy groups -OCH3 is 1. The topological polar surface area (TPSA) is 110 Å². The third kappa shape index (κ3) is 2.84. The van der Waals surface area contributed by atoms with Crippen molar-refractivity contribution in [3.63, 3.8) is 0 Å². The fraction of sp³-hybridized carbons (Fsp3) is 0.385. The number of non-ortho nitro benzene ring substituents is 1. The molecule has 1 aromatic rings. The van der Waals surface area contributed by atoms with E-state index in [4.69, 9.17) is 5.11 Å². The molecule has 1 atom stereocenters. The highest BCUT2D eigenvalue weighted by atomic mass is 16.6. The predicted octanol–water partition coefficient (Wildman–Crippen LogP) is 0.727. The average Bonchev–Trinajstić information content (AvgIpc) is 2.86. The van der Waals surface area contributed by atoms with Gasteiger partial charge in [-0.25, -0.2) is 4.79 Å². The quantitative estimate of drug-likeness (QED) is 0.498. The van der Waals surface area contributed by atoms with Crippen LogP contribution in [0.1, 0.15) is 16.8 Å². The van der Waals surface area contributed by atoms with Gasteiger partial charge in [-0.15, -0.1) is 0 Å². The summed E-state index contributed by atoms with van der Waals surface area (Å²) in [7, 11) is 1.16. The molecule has 1 fully saturated rings. The van der Waals surface area contributed by atoms with E-state index in [0.29, 0.717) is 0 Å². The van der Waals surface area contributed by atoms with Crippen LogP contribution in [0.4, 0.5) is 11.4 Å². The average molecular weight is 294 g/mol. The van der Waals surface area contributed by atoms with Crippen LogP contribution in [0.2, 0.25) is 0 Å². The van der Waals surface area contributed by atoms with Crippen molar-refractivity contribution in [3.05, 3.63) is 33.9 Å². The summed E-state index contributed by atoms with van der Waals surface area (Å²) in [6.45, 7) is 0.125. The van der Waals surface area contributed by atoms with E-state index in [1.165, 1.54) is 17.0 Å². The van der Waals surface area contributed by atoms with Crippen LogP contribution in [0.3, 0.4) is 0 Å². The summed E-state index contributed by atoms with van der Waals surface area (Å²) in [6, 6.07) is 3.66. The number of rotatable bonds is 4. The normalized spacial score (nSPS) is 17.9. The van der Waals surface area contributed by atoms with Crippen LogP contribution in [-0.4, -0.2) is 42.2 Å². The van der Waals surface area contributed by atoms with Gasteiger partial charge in [0.1, 0.15) is 0 Å². The summed E-state index contributed by atoms with van der Waals surface area (Å²) >= 11 is 0. The number of anilines is 1.